The minimum atomic E-state index is 0.485. The predicted octanol–water partition coefficient (Wildman–Crippen LogP) is 5.21. The monoisotopic (exact) mass is 302 g/mol. The molecule has 1 nitrogen and oxygen atoms in total. The van der Waals surface area contributed by atoms with Crippen molar-refractivity contribution in [3.63, 3.8) is 0 Å². The van der Waals surface area contributed by atoms with E-state index in [0.29, 0.717) is 17.0 Å². The third kappa shape index (κ3) is 4.90. The van der Waals surface area contributed by atoms with Crippen molar-refractivity contribution < 1.29 is 4.74 Å². The van der Waals surface area contributed by atoms with Gasteiger partial charge in [0.2, 0.25) is 0 Å². The van der Waals surface area contributed by atoms with Gasteiger partial charge in [-0.3, -0.25) is 0 Å². The Bertz CT molecular complexity index is 199. The van der Waals surface area contributed by atoms with Crippen LogP contribution in [0.25, 0.3) is 0 Å². The van der Waals surface area contributed by atoms with E-state index in [9.17, 15) is 0 Å². The van der Waals surface area contributed by atoms with Crippen LogP contribution in [0.5, 0.6) is 0 Å². The molecule has 0 saturated heterocycles. The molecule has 0 aromatic carbocycles. The Balaban J connectivity index is 1.81. The third-order valence-corrected chi connectivity index (χ3v) is 5.34. The number of hydrogen-bond donors (Lipinski definition) is 0. The predicted molar refractivity (Wildman–Crippen MR) is 76.8 cm³/mol. The van der Waals surface area contributed by atoms with Gasteiger partial charge in [-0.1, -0.05) is 67.3 Å². The maximum Gasteiger partial charge on any atom is 0.0703 e. The van der Waals surface area contributed by atoms with Gasteiger partial charge in [0, 0.05) is 4.83 Å². The van der Waals surface area contributed by atoms with Gasteiger partial charge in [-0.2, -0.15) is 0 Å². The van der Waals surface area contributed by atoms with Gasteiger partial charge in [-0.25, -0.2) is 0 Å². The molecule has 2 aliphatic carbocycles. The summed E-state index contributed by atoms with van der Waals surface area (Å²) in [4.78, 5) is 0.603. The number of halogens is 1. The first-order valence-corrected chi connectivity index (χ1v) is 8.57. The van der Waals surface area contributed by atoms with Gasteiger partial charge in [0.1, 0.15) is 0 Å². The average Bonchev–Trinajstić information content (AvgIpc) is 2.57. The summed E-state index contributed by atoms with van der Waals surface area (Å²) in [6.45, 7) is 0. The summed E-state index contributed by atoms with van der Waals surface area (Å²) < 4.78 is 6.41. The number of alkyl halides is 1. The number of rotatable bonds is 2. The lowest BCUT2D eigenvalue weighted by Gasteiger charge is -2.29. The largest absolute Gasteiger partial charge is 0.374 e. The van der Waals surface area contributed by atoms with Gasteiger partial charge in [0.25, 0.3) is 0 Å². The summed E-state index contributed by atoms with van der Waals surface area (Å²) >= 11 is 3.86. The molecule has 2 rings (SSSR count). The maximum atomic E-state index is 6.41. The van der Waals surface area contributed by atoms with Crippen LogP contribution >= 0.6 is 15.9 Å². The van der Waals surface area contributed by atoms with E-state index in [1.165, 1.54) is 77.0 Å². The van der Waals surface area contributed by atoms with Crippen LogP contribution < -0.4 is 0 Å². The van der Waals surface area contributed by atoms with E-state index in [-0.39, 0.29) is 0 Å². The molecule has 0 aliphatic heterocycles. The van der Waals surface area contributed by atoms with E-state index >= 15 is 0 Å². The van der Waals surface area contributed by atoms with Crippen molar-refractivity contribution in [2.75, 3.05) is 0 Å². The Kier molecular flexibility index (Phi) is 6.35. The first-order valence-electron chi connectivity index (χ1n) is 7.66. The van der Waals surface area contributed by atoms with Crippen molar-refractivity contribution in [2.45, 2.75) is 94.1 Å². The topological polar surface area (TPSA) is 9.23 Å². The second-order valence-electron chi connectivity index (χ2n) is 5.80. The van der Waals surface area contributed by atoms with E-state index in [4.69, 9.17) is 4.74 Å². The van der Waals surface area contributed by atoms with E-state index in [1.807, 2.05) is 0 Å². The fourth-order valence-electron chi connectivity index (χ4n) is 3.18. The Morgan fingerprint density at radius 1 is 0.647 bits per heavy atom. The average molecular weight is 303 g/mol. The van der Waals surface area contributed by atoms with Gasteiger partial charge in [-0.15, -0.1) is 0 Å². The van der Waals surface area contributed by atoms with Gasteiger partial charge in [0.05, 0.1) is 12.2 Å². The molecule has 2 heteroatoms. The first-order chi connectivity index (χ1) is 8.36. The lowest BCUT2D eigenvalue weighted by molar-refractivity contribution is -0.0266. The fraction of sp³-hybridized carbons (Fsp3) is 1.00. The Labute approximate surface area is 115 Å². The molecule has 2 aliphatic rings. The standard InChI is InChI=1S/C15H27BrO/c16-14-11-7-3-4-8-12-15(14)17-13-9-5-1-2-6-10-13/h13-15H,1-12H2. The highest BCUT2D eigenvalue weighted by Crippen LogP contribution is 2.29. The van der Waals surface area contributed by atoms with Crippen molar-refractivity contribution in [1.29, 1.82) is 0 Å². The van der Waals surface area contributed by atoms with Gasteiger partial charge < -0.3 is 4.74 Å². The number of ether oxygens (including phenoxy) is 1. The highest BCUT2D eigenvalue weighted by Gasteiger charge is 2.24. The molecule has 2 atom stereocenters. The summed E-state index contributed by atoms with van der Waals surface area (Å²) in [5.74, 6) is 0. The summed E-state index contributed by atoms with van der Waals surface area (Å²) in [5, 5.41) is 0. The van der Waals surface area contributed by atoms with Gasteiger partial charge in [-0.05, 0) is 25.7 Å². The normalized spacial score (nSPS) is 33.7. The van der Waals surface area contributed by atoms with Crippen molar-refractivity contribution in [2.24, 2.45) is 0 Å². The minimum absolute atomic E-state index is 0.485. The highest BCUT2D eigenvalue weighted by molar-refractivity contribution is 9.09. The van der Waals surface area contributed by atoms with Crippen LogP contribution in [0, 0.1) is 0 Å². The van der Waals surface area contributed by atoms with Crippen molar-refractivity contribution in [1.82, 2.24) is 0 Å². The van der Waals surface area contributed by atoms with Crippen LogP contribution in [-0.4, -0.2) is 17.0 Å². The molecular formula is C15H27BrO. The van der Waals surface area contributed by atoms with Crippen molar-refractivity contribution in [3.05, 3.63) is 0 Å². The minimum Gasteiger partial charge on any atom is -0.374 e. The summed E-state index contributed by atoms with van der Waals surface area (Å²) in [6, 6.07) is 0. The fourth-order valence-corrected chi connectivity index (χ4v) is 3.90. The van der Waals surface area contributed by atoms with Crippen LogP contribution in [-0.2, 0) is 4.74 Å². The molecule has 0 spiro atoms. The highest BCUT2D eigenvalue weighted by atomic mass is 79.9. The van der Waals surface area contributed by atoms with Crippen molar-refractivity contribution in [3.8, 4) is 0 Å². The third-order valence-electron chi connectivity index (χ3n) is 4.29. The van der Waals surface area contributed by atoms with Crippen LogP contribution in [0.3, 0.4) is 0 Å². The zero-order valence-electron chi connectivity index (χ0n) is 11.0. The zero-order chi connectivity index (χ0) is 11.9. The SMILES string of the molecule is BrC1CCCCCCC1OC1CCCCCC1. The molecule has 0 amide bonds. The van der Waals surface area contributed by atoms with Gasteiger partial charge in [0.15, 0.2) is 0 Å². The smallest absolute Gasteiger partial charge is 0.0703 e. The van der Waals surface area contributed by atoms with E-state index in [0.717, 1.165) is 0 Å². The number of hydrogen-bond acceptors (Lipinski definition) is 1. The Hall–Kier alpha value is 0.440. The molecule has 2 saturated carbocycles. The second-order valence-corrected chi connectivity index (χ2v) is 6.97. The first kappa shape index (κ1) is 13.9. The Morgan fingerprint density at radius 3 is 1.82 bits per heavy atom. The molecule has 17 heavy (non-hydrogen) atoms. The molecule has 2 unspecified atom stereocenters. The van der Waals surface area contributed by atoms with Crippen LogP contribution in [0.4, 0.5) is 0 Å². The lowest BCUT2D eigenvalue weighted by Crippen LogP contribution is -2.30. The molecule has 0 heterocycles. The van der Waals surface area contributed by atoms with E-state index < -0.39 is 0 Å². The summed E-state index contributed by atoms with van der Waals surface area (Å²) in [5.41, 5.74) is 0. The second kappa shape index (κ2) is 7.78. The maximum absolute atomic E-state index is 6.41. The van der Waals surface area contributed by atoms with Crippen LogP contribution in [0.2, 0.25) is 0 Å². The van der Waals surface area contributed by atoms with Gasteiger partial charge >= 0.3 is 0 Å². The molecule has 0 aromatic heterocycles. The molecule has 0 bridgehead atoms. The molecule has 2 fully saturated rings. The van der Waals surface area contributed by atoms with E-state index in [2.05, 4.69) is 15.9 Å². The molecular weight excluding hydrogens is 276 g/mol. The van der Waals surface area contributed by atoms with Crippen LogP contribution in [0.1, 0.15) is 77.0 Å². The lowest BCUT2D eigenvalue weighted by atomic mass is 9.98. The van der Waals surface area contributed by atoms with E-state index in [1.54, 1.807) is 0 Å². The van der Waals surface area contributed by atoms with Crippen molar-refractivity contribution >= 4 is 15.9 Å². The molecule has 0 aromatic rings. The quantitative estimate of drug-likeness (QED) is 0.502. The summed E-state index contributed by atoms with van der Waals surface area (Å²) in [6.07, 6.45) is 17.4. The molecule has 0 N–H and O–H groups in total. The Morgan fingerprint density at radius 2 is 1.18 bits per heavy atom. The van der Waals surface area contributed by atoms with Crippen LogP contribution in [0.15, 0.2) is 0 Å². The molecule has 100 valence electrons. The zero-order valence-corrected chi connectivity index (χ0v) is 12.6. The summed E-state index contributed by atoms with van der Waals surface area (Å²) in [7, 11) is 0. The molecule has 0 radical (unpaired) electrons.